The molecular weight excluding hydrogens is 279 g/mol. The van der Waals surface area contributed by atoms with Gasteiger partial charge in [0.2, 0.25) is 0 Å². The van der Waals surface area contributed by atoms with Gasteiger partial charge in [0.15, 0.2) is 0 Å². The van der Waals surface area contributed by atoms with Gasteiger partial charge in [-0.3, -0.25) is 4.90 Å². The molecule has 112 valence electrons. The Morgan fingerprint density at radius 3 is 2.80 bits per heavy atom. The van der Waals surface area contributed by atoms with E-state index in [9.17, 15) is 9.50 Å². The molecular formula is C15H22ClFN2O. The van der Waals surface area contributed by atoms with Gasteiger partial charge in [0.1, 0.15) is 5.82 Å². The highest BCUT2D eigenvalue weighted by atomic mass is 35.5. The first-order chi connectivity index (χ1) is 9.37. The number of benzene rings is 1. The molecule has 1 saturated heterocycles. The molecule has 2 N–H and O–H groups in total. The summed E-state index contributed by atoms with van der Waals surface area (Å²) in [4.78, 5) is 2.12. The molecule has 1 aliphatic heterocycles. The van der Waals surface area contributed by atoms with Crippen molar-refractivity contribution in [3.63, 3.8) is 0 Å². The molecule has 0 aliphatic carbocycles. The predicted molar refractivity (Wildman–Crippen MR) is 79.4 cm³/mol. The number of hydrogen-bond donors (Lipinski definition) is 2. The summed E-state index contributed by atoms with van der Waals surface area (Å²) in [5.74, 6) is -0.288. The fourth-order valence-electron chi connectivity index (χ4n) is 2.65. The summed E-state index contributed by atoms with van der Waals surface area (Å²) in [5, 5.41) is 13.8. The summed E-state index contributed by atoms with van der Waals surface area (Å²) >= 11 is 6.11. The molecule has 3 nitrogen and oxygen atoms in total. The topological polar surface area (TPSA) is 35.5 Å². The van der Waals surface area contributed by atoms with Crippen molar-refractivity contribution in [2.24, 2.45) is 0 Å². The van der Waals surface area contributed by atoms with Gasteiger partial charge in [-0.05, 0) is 38.9 Å². The van der Waals surface area contributed by atoms with E-state index >= 15 is 0 Å². The Morgan fingerprint density at radius 1 is 1.50 bits per heavy atom. The second-order valence-electron chi connectivity index (χ2n) is 6.06. The minimum absolute atomic E-state index is 0.288. The van der Waals surface area contributed by atoms with E-state index in [1.165, 1.54) is 6.07 Å². The van der Waals surface area contributed by atoms with Gasteiger partial charge in [0, 0.05) is 36.3 Å². The van der Waals surface area contributed by atoms with Gasteiger partial charge >= 0.3 is 0 Å². The lowest BCUT2D eigenvalue weighted by molar-refractivity contribution is 0.0196. The van der Waals surface area contributed by atoms with Crippen LogP contribution in [-0.4, -0.2) is 41.3 Å². The number of halogens is 2. The molecule has 1 aromatic rings. The molecule has 0 saturated carbocycles. The van der Waals surface area contributed by atoms with E-state index in [4.69, 9.17) is 11.6 Å². The summed E-state index contributed by atoms with van der Waals surface area (Å²) in [6.45, 7) is 6.27. The first-order valence-electron chi connectivity index (χ1n) is 6.97. The molecule has 0 spiro atoms. The average molecular weight is 301 g/mol. The normalized spacial score (nSPS) is 19.8. The third-order valence-corrected chi connectivity index (χ3v) is 3.92. The molecule has 0 amide bonds. The van der Waals surface area contributed by atoms with Crippen LogP contribution in [0.2, 0.25) is 5.02 Å². The lowest BCUT2D eigenvalue weighted by atomic mass is 10.1. The summed E-state index contributed by atoms with van der Waals surface area (Å²) in [7, 11) is 0. The number of rotatable bonds is 5. The van der Waals surface area contributed by atoms with Crippen molar-refractivity contribution in [2.45, 2.75) is 38.5 Å². The quantitative estimate of drug-likeness (QED) is 0.876. The Hall–Kier alpha value is -0.680. The molecule has 0 aromatic heterocycles. The van der Waals surface area contributed by atoms with Crippen molar-refractivity contribution < 1.29 is 9.50 Å². The molecule has 1 aromatic carbocycles. The molecule has 1 heterocycles. The van der Waals surface area contributed by atoms with Crippen LogP contribution in [0, 0.1) is 5.82 Å². The fourth-order valence-corrected chi connectivity index (χ4v) is 2.87. The highest BCUT2D eigenvalue weighted by molar-refractivity contribution is 6.31. The molecule has 0 bridgehead atoms. The van der Waals surface area contributed by atoms with Crippen molar-refractivity contribution in [3.8, 4) is 0 Å². The third kappa shape index (κ3) is 4.16. The van der Waals surface area contributed by atoms with E-state index in [0.717, 1.165) is 19.5 Å². The molecule has 20 heavy (non-hydrogen) atoms. The van der Waals surface area contributed by atoms with Gasteiger partial charge < -0.3 is 10.4 Å². The molecule has 0 unspecified atom stereocenters. The van der Waals surface area contributed by atoms with Crippen molar-refractivity contribution in [1.29, 1.82) is 0 Å². The average Bonchev–Trinajstić information content (AvgIpc) is 2.84. The minimum atomic E-state index is -0.819. The first-order valence-corrected chi connectivity index (χ1v) is 7.34. The van der Waals surface area contributed by atoms with Crippen LogP contribution in [0.4, 0.5) is 4.39 Å². The Kier molecular flexibility index (Phi) is 5.02. The largest absolute Gasteiger partial charge is 0.389 e. The summed E-state index contributed by atoms with van der Waals surface area (Å²) in [5.41, 5.74) is -0.314. The lowest BCUT2D eigenvalue weighted by Gasteiger charge is -2.33. The Balaban J connectivity index is 2.18. The lowest BCUT2D eigenvalue weighted by Crippen LogP contribution is -2.45. The number of nitrogens with zero attached hydrogens (tertiary/aromatic N) is 1. The van der Waals surface area contributed by atoms with E-state index in [1.807, 2.05) is 0 Å². The maximum atomic E-state index is 13.9. The van der Waals surface area contributed by atoms with Gasteiger partial charge in [-0.1, -0.05) is 17.7 Å². The van der Waals surface area contributed by atoms with E-state index in [-0.39, 0.29) is 5.82 Å². The van der Waals surface area contributed by atoms with Crippen molar-refractivity contribution >= 4 is 11.6 Å². The standard InChI is InChI=1S/C15H22ClFN2O/c1-15(2,20)10-19(11-6-7-18-8-11)9-12-13(16)4-3-5-14(12)17/h3-5,11,18,20H,6-10H2,1-2H3/t11-/m0/s1. The van der Waals surface area contributed by atoms with Crippen LogP contribution in [0.15, 0.2) is 18.2 Å². The third-order valence-electron chi connectivity index (χ3n) is 3.56. The molecule has 1 atom stereocenters. The van der Waals surface area contributed by atoms with Gasteiger partial charge in [0.25, 0.3) is 0 Å². The van der Waals surface area contributed by atoms with E-state index in [2.05, 4.69) is 10.2 Å². The van der Waals surface area contributed by atoms with E-state index < -0.39 is 5.60 Å². The zero-order chi connectivity index (χ0) is 14.8. The molecule has 0 radical (unpaired) electrons. The predicted octanol–water partition coefficient (Wildman–Crippen LogP) is 2.41. The van der Waals surface area contributed by atoms with Crippen LogP contribution < -0.4 is 5.32 Å². The second kappa shape index (κ2) is 6.39. The van der Waals surface area contributed by atoms with Crippen LogP contribution in [0.5, 0.6) is 0 Å². The van der Waals surface area contributed by atoms with Crippen molar-refractivity contribution in [3.05, 3.63) is 34.6 Å². The van der Waals surface area contributed by atoms with Crippen LogP contribution >= 0.6 is 11.6 Å². The van der Waals surface area contributed by atoms with Gasteiger partial charge in [-0.2, -0.15) is 0 Å². The number of hydrogen-bond acceptors (Lipinski definition) is 3. The smallest absolute Gasteiger partial charge is 0.129 e. The van der Waals surface area contributed by atoms with Crippen LogP contribution in [0.1, 0.15) is 25.8 Å². The van der Waals surface area contributed by atoms with E-state index in [0.29, 0.717) is 29.7 Å². The number of aliphatic hydroxyl groups is 1. The zero-order valence-electron chi connectivity index (χ0n) is 12.0. The van der Waals surface area contributed by atoms with E-state index in [1.54, 1.807) is 26.0 Å². The van der Waals surface area contributed by atoms with Crippen LogP contribution in [-0.2, 0) is 6.54 Å². The molecule has 1 aliphatic rings. The molecule has 1 fully saturated rings. The summed E-state index contributed by atoms with van der Waals surface area (Å²) in [6, 6.07) is 5.04. The number of nitrogens with one attached hydrogen (secondary N) is 1. The zero-order valence-corrected chi connectivity index (χ0v) is 12.8. The Labute approximate surface area is 124 Å². The Morgan fingerprint density at radius 2 is 2.25 bits per heavy atom. The minimum Gasteiger partial charge on any atom is -0.389 e. The highest BCUT2D eigenvalue weighted by Gasteiger charge is 2.28. The van der Waals surface area contributed by atoms with Crippen LogP contribution in [0.3, 0.4) is 0 Å². The molecule has 2 rings (SSSR count). The maximum Gasteiger partial charge on any atom is 0.129 e. The summed E-state index contributed by atoms with van der Waals surface area (Å²) < 4.78 is 13.9. The van der Waals surface area contributed by atoms with Crippen LogP contribution in [0.25, 0.3) is 0 Å². The molecule has 5 heteroatoms. The Bertz CT molecular complexity index is 435. The monoisotopic (exact) mass is 300 g/mol. The van der Waals surface area contributed by atoms with Gasteiger partial charge in [0.05, 0.1) is 5.60 Å². The van der Waals surface area contributed by atoms with Crippen molar-refractivity contribution in [1.82, 2.24) is 10.2 Å². The maximum absolute atomic E-state index is 13.9. The van der Waals surface area contributed by atoms with Gasteiger partial charge in [-0.25, -0.2) is 4.39 Å². The second-order valence-corrected chi connectivity index (χ2v) is 6.47. The van der Waals surface area contributed by atoms with Gasteiger partial charge in [-0.15, -0.1) is 0 Å². The fraction of sp³-hybridized carbons (Fsp3) is 0.600. The first kappa shape index (κ1) is 15.7. The highest BCUT2D eigenvalue weighted by Crippen LogP contribution is 2.24. The summed E-state index contributed by atoms with van der Waals surface area (Å²) in [6.07, 6.45) is 1.00. The van der Waals surface area contributed by atoms with Crippen molar-refractivity contribution in [2.75, 3.05) is 19.6 Å². The SMILES string of the molecule is CC(C)(O)CN(Cc1c(F)cccc1Cl)[C@H]1CCNC1.